The van der Waals surface area contributed by atoms with Crippen LogP contribution in [0.3, 0.4) is 0 Å². The molecule has 4 heteroatoms. The van der Waals surface area contributed by atoms with E-state index in [1.807, 2.05) is 24.3 Å². The number of rotatable bonds is 9. The molecule has 1 N–H and O–H groups in total. The van der Waals surface area contributed by atoms with Crippen LogP contribution in [0, 0.1) is 5.82 Å². The molecule has 2 aromatic carbocycles. The Morgan fingerprint density at radius 2 is 1.71 bits per heavy atom. The van der Waals surface area contributed by atoms with Crippen LogP contribution >= 0.6 is 0 Å². The Morgan fingerprint density at radius 3 is 2.48 bits per heavy atom. The van der Waals surface area contributed by atoms with E-state index >= 15 is 0 Å². The summed E-state index contributed by atoms with van der Waals surface area (Å²) >= 11 is 0. The van der Waals surface area contributed by atoms with Crippen LogP contribution in [0.4, 0.5) is 4.39 Å². The smallest absolute Gasteiger partial charge is 0.123 e. The fraction of sp³-hybridized carbons (Fsp3) is 0.407. The summed E-state index contributed by atoms with van der Waals surface area (Å²) in [6, 6.07) is 21.8. The van der Waals surface area contributed by atoms with Gasteiger partial charge in [-0.25, -0.2) is 4.39 Å². The third-order valence-electron chi connectivity index (χ3n) is 6.38. The van der Waals surface area contributed by atoms with Crippen molar-refractivity contribution >= 4 is 0 Å². The summed E-state index contributed by atoms with van der Waals surface area (Å²) in [6.07, 6.45) is 8.59. The van der Waals surface area contributed by atoms with E-state index in [2.05, 4.69) is 39.9 Å². The molecule has 0 spiro atoms. The lowest BCUT2D eigenvalue weighted by atomic mass is 9.93. The minimum absolute atomic E-state index is 0.195. The van der Waals surface area contributed by atoms with Gasteiger partial charge in [-0.2, -0.15) is 0 Å². The molecule has 0 aliphatic heterocycles. The van der Waals surface area contributed by atoms with Gasteiger partial charge in [-0.1, -0.05) is 61.7 Å². The SMILES string of the molecule is O[C@@H](Cc1ccccc1)CN(Cc1cccn1Cc1cccc(F)c1)C1CCCCC1. The number of benzene rings is 2. The third-order valence-corrected chi connectivity index (χ3v) is 6.38. The van der Waals surface area contributed by atoms with Gasteiger partial charge in [0.05, 0.1) is 6.10 Å². The van der Waals surface area contributed by atoms with E-state index in [-0.39, 0.29) is 5.82 Å². The monoisotopic (exact) mass is 420 g/mol. The van der Waals surface area contributed by atoms with E-state index in [0.29, 0.717) is 25.6 Å². The van der Waals surface area contributed by atoms with Crippen molar-refractivity contribution in [2.45, 2.75) is 63.8 Å². The molecule has 1 atom stereocenters. The highest BCUT2D eigenvalue weighted by Gasteiger charge is 2.24. The fourth-order valence-corrected chi connectivity index (χ4v) is 4.80. The minimum Gasteiger partial charge on any atom is -0.391 e. The largest absolute Gasteiger partial charge is 0.391 e. The van der Waals surface area contributed by atoms with Gasteiger partial charge in [0.1, 0.15) is 5.82 Å². The van der Waals surface area contributed by atoms with Crippen molar-refractivity contribution in [2.75, 3.05) is 6.54 Å². The molecule has 31 heavy (non-hydrogen) atoms. The number of nitrogens with zero attached hydrogens (tertiary/aromatic N) is 2. The maximum absolute atomic E-state index is 13.6. The molecule has 1 heterocycles. The Hall–Kier alpha value is -2.43. The number of aliphatic hydroxyl groups is 1. The quantitative estimate of drug-likeness (QED) is 0.501. The van der Waals surface area contributed by atoms with Gasteiger partial charge in [0, 0.05) is 37.6 Å². The summed E-state index contributed by atoms with van der Waals surface area (Å²) in [4.78, 5) is 2.48. The van der Waals surface area contributed by atoms with Crippen LogP contribution in [-0.4, -0.2) is 33.3 Å². The highest BCUT2D eigenvalue weighted by atomic mass is 19.1. The summed E-state index contributed by atoms with van der Waals surface area (Å²) in [5, 5.41) is 10.9. The topological polar surface area (TPSA) is 28.4 Å². The number of aliphatic hydroxyl groups excluding tert-OH is 1. The summed E-state index contributed by atoms with van der Waals surface area (Å²) in [5.74, 6) is -0.195. The van der Waals surface area contributed by atoms with Gasteiger partial charge in [0.25, 0.3) is 0 Å². The first-order valence-corrected chi connectivity index (χ1v) is 11.5. The lowest BCUT2D eigenvalue weighted by Gasteiger charge is -2.36. The van der Waals surface area contributed by atoms with Gasteiger partial charge >= 0.3 is 0 Å². The van der Waals surface area contributed by atoms with Gasteiger partial charge in [0.2, 0.25) is 0 Å². The first-order valence-electron chi connectivity index (χ1n) is 11.5. The molecule has 1 aromatic heterocycles. The first kappa shape index (κ1) is 21.8. The van der Waals surface area contributed by atoms with Crippen LogP contribution in [0.15, 0.2) is 72.9 Å². The molecule has 0 unspecified atom stereocenters. The van der Waals surface area contributed by atoms with Gasteiger partial charge in [-0.15, -0.1) is 0 Å². The summed E-state index contributed by atoms with van der Waals surface area (Å²) in [7, 11) is 0. The van der Waals surface area contributed by atoms with Crippen LogP contribution in [0.5, 0.6) is 0 Å². The van der Waals surface area contributed by atoms with E-state index < -0.39 is 6.10 Å². The molecule has 0 radical (unpaired) electrons. The summed E-state index contributed by atoms with van der Waals surface area (Å²) in [6.45, 7) is 2.13. The van der Waals surface area contributed by atoms with Crippen molar-refractivity contribution in [3.8, 4) is 0 Å². The Morgan fingerprint density at radius 1 is 0.935 bits per heavy atom. The predicted octanol–water partition coefficient (Wildman–Crippen LogP) is 5.41. The van der Waals surface area contributed by atoms with Crippen molar-refractivity contribution in [1.82, 2.24) is 9.47 Å². The van der Waals surface area contributed by atoms with Crippen molar-refractivity contribution in [2.24, 2.45) is 0 Å². The molecule has 1 saturated carbocycles. The maximum Gasteiger partial charge on any atom is 0.123 e. The van der Waals surface area contributed by atoms with Gasteiger partial charge in [0.15, 0.2) is 0 Å². The lowest BCUT2D eigenvalue weighted by molar-refractivity contribution is 0.0664. The second-order valence-corrected chi connectivity index (χ2v) is 8.82. The standard InChI is InChI=1S/C27H33FN2O/c28-24-12-7-11-23(17-24)19-29-16-8-15-26(29)20-30(25-13-5-2-6-14-25)21-27(31)18-22-9-3-1-4-10-22/h1,3-4,7-12,15-17,25,27,31H,2,5-6,13-14,18-21H2/t27-/m0/s1. The van der Waals surface area contributed by atoms with Gasteiger partial charge in [-0.3, -0.25) is 4.90 Å². The highest BCUT2D eigenvalue weighted by Crippen LogP contribution is 2.25. The van der Waals surface area contributed by atoms with Crippen molar-refractivity contribution in [1.29, 1.82) is 0 Å². The Kier molecular flexibility index (Phi) is 7.55. The van der Waals surface area contributed by atoms with E-state index in [1.165, 1.54) is 49.4 Å². The molecule has 0 bridgehead atoms. The summed E-state index contributed by atoms with van der Waals surface area (Å²) in [5.41, 5.74) is 3.35. The average Bonchev–Trinajstić information content (AvgIpc) is 3.21. The van der Waals surface area contributed by atoms with Crippen LogP contribution in [0.2, 0.25) is 0 Å². The average molecular weight is 421 g/mol. The molecule has 1 aliphatic rings. The van der Waals surface area contributed by atoms with Crippen LogP contribution in [0.25, 0.3) is 0 Å². The number of halogens is 1. The molecule has 164 valence electrons. The van der Waals surface area contributed by atoms with E-state index in [4.69, 9.17) is 0 Å². The maximum atomic E-state index is 13.6. The normalized spacial score (nSPS) is 16.0. The second-order valence-electron chi connectivity index (χ2n) is 8.82. The lowest BCUT2D eigenvalue weighted by Crippen LogP contribution is -2.42. The van der Waals surface area contributed by atoms with Crippen molar-refractivity contribution < 1.29 is 9.50 Å². The second kappa shape index (κ2) is 10.7. The number of hydrogen-bond acceptors (Lipinski definition) is 2. The molecular formula is C27H33FN2O. The van der Waals surface area contributed by atoms with Gasteiger partial charge in [-0.05, 0) is 54.7 Å². The van der Waals surface area contributed by atoms with Crippen molar-refractivity contribution in [3.05, 3.63) is 95.6 Å². The number of aromatic nitrogens is 1. The van der Waals surface area contributed by atoms with E-state index in [0.717, 1.165) is 12.1 Å². The molecule has 0 saturated heterocycles. The Labute approximate surface area is 185 Å². The third kappa shape index (κ3) is 6.28. The van der Waals surface area contributed by atoms with Crippen LogP contribution in [0.1, 0.15) is 48.9 Å². The molecule has 3 aromatic rings. The van der Waals surface area contributed by atoms with E-state index in [1.54, 1.807) is 12.1 Å². The van der Waals surface area contributed by atoms with Crippen LogP contribution < -0.4 is 0 Å². The van der Waals surface area contributed by atoms with Gasteiger partial charge < -0.3 is 9.67 Å². The molecule has 3 nitrogen and oxygen atoms in total. The fourth-order valence-electron chi connectivity index (χ4n) is 4.80. The molecule has 1 aliphatic carbocycles. The Bertz CT molecular complexity index is 933. The molecular weight excluding hydrogens is 387 g/mol. The zero-order valence-electron chi connectivity index (χ0n) is 18.2. The summed E-state index contributed by atoms with van der Waals surface area (Å²) < 4.78 is 15.8. The zero-order valence-corrected chi connectivity index (χ0v) is 18.2. The van der Waals surface area contributed by atoms with Crippen molar-refractivity contribution in [3.63, 3.8) is 0 Å². The predicted molar refractivity (Wildman–Crippen MR) is 123 cm³/mol. The molecule has 0 amide bonds. The van der Waals surface area contributed by atoms with E-state index in [9.17, 15) is 9.50 Å². The first-order chi connectivity index (χ1) is 15.2. The number of hydrogen-bond donors (Lipinski definition) is 1. The highest BCUT2D eigenvalue weighted by molar-refractivity contribution is 5.19. The Balaban J connectivity index is 1.46. The molecule has 4 rings (SSSR count). The zero-order chi connectivity index (χ0) is 21.5. The minimum atomic E-state index is -0.393. The molecule has 1 fully saturated rings. The van der Waals surface area contributed by atoms with Crippen LogP contribution in [-0.2, 0) is 19.5 Å².